The summed E-state index contributed by atoms with van der Waals surface area (Å²) in [4.78, 5) is 12.8. The molecule has 21 heteroatoms. The number of hydrogen-bond donors (Lipinski definition) is 14. The lowest BCUT2D eigenvalue weighted by Crippen LogP contribution is -2.66. The Hall–Kier alpha value is -1.13. The van der Waals surface area contributed by atoms with Gasteiger partial charge in [0.2, 0.25) is 0 Å². The molecule has 0 amide bonds. The van der Waals surface area contributed by atoms with Crippen molar-refractivity contribution >= 4 is 5.78 Å². The van der Waals surface area contributed by atoms with E-state index < -0.39 is 159 Å². The van der Waals surface area contributed by atoms with Crippen molar-refractivity contribution in [3.8, 4) is 0 Å². The highest BCUT2D eigenvalue weighted by atomic mass is 16.8. The summed E-state index contributed by atoms with van der Waals surface area (Å²) in [7, 11) is 0. The summed E-state index contributed by atoms with van der Waals surface area (Å²) in [5.41, 5.74) is -3.75. The summed E-state index contributed by atoms with van der Waals surface area (Å²) in [6.45, 7) is 9.17. The molecule has 0 radical (unpaired) electrons. The van der Waals surface area contributed by atoms with Gasteiger partial charge in [-0.3, -0.25) is 4.79 Å². The van der Waals surface area contributed by atoms with E-state index in [1.54, 1.807) is 0 Å². The highest BCUT2D eigenvalue weighted by Gasteiger charge is 2.84. The van der Waals surface area contributed by atoms with Gasteiger partial charge in [0.25, 0.3) is 0 Å². The predicted molar refractivity (Wildman–Crippen MR) is 235 cm³/mol. The Morgan fingerprint density at radius 2 is 1.26 bits per heavy atom. The van der Waals surface area contributed by atoms with Gasteiger partial charge in [-0.25, -0.2) is 0 Å². The second-order valence-corrected chi connectivity index (χ2v) is 23.7. The number of ketones is 1. The first-order chi connectivity index (χ1) is 32.2. The quantitative estimate of drug-likeness (QED) is 0.0724. The van der Waals surface area contributed by atoms with Crippen LogP contribution in [-0.4, -0.2) is 220 Å². The molecule has 8 rings (SSSR count). The Kier molecular flexibility index (Phi) is 15.1. The van der Waals surface area contributed by atoms with Crippen LogP contribution in [0.25, 0.3) is 0 Å². The largest absolute Gasteiger partial charge is 0.394 e. The average molecular weight is 993 g/mol. The van der Waals surface area contributed by atoms with E-state index in [0.717, 1.165) is 19.3 Å². The van der Waals surface area contributed by atoms with Crippen LogP contribution in [0.5, 0.6) is 0 Å². The first kappa shape index (κ1) is 54.1. The van der Waals surface area contributed by atoms with Gasteiger partial charge in [-0.1, -0.05) is 34.6 Å². The molecule has 0 aromatic carbocycles. The van der Waals surface area contributed by atoms with E-state index in [-0.39, 0.29) is 46.3 Å². The molecule has 0 bridgehead atoms. The summed E-state index contributed by atoms with van der Waals surface area (Å²) in [5, 5.41) is 150. The van der Waals surface area contributed by atoms with Crippen LogP contribution in [0.1, 0.15) is 99.3 Å². The number of hydrogen-bond acceptors (Lipinski definition) is 21. The molecule has 398 valence electrons. The van der Waals surface area contributed by atoms with Crippen molar-refractivity contribution in [3.63, 3.8) is 0 Å². The van der Waals surface area contributed by atoms with Gasteiger partial charge in [-0.15, -0.1) is 0 Å². The van der Waals surface area contributed by atoms with Gasteiger partial charge in [0.05, 0.1) is 44.7 Å². The number of rotatable bonds is 15. The number of ether oxygens (including phenoxy) is 6. The smallest absolute Gasteiger partial charge is 0.187 e. The molecule has 21 nitrogen and oxygen atoms in total. The zero-order valence-electron chi connectivity index (χ0n) is 40.5. The summed E-state index contributed by atoms with van der Waals surface area (Å²) >= 11 is 0. The summed E-state index contributed by atoms with van der Waals surface area (Å²) in [5.74, 6) is -0.904. The van der Waals surface area contributed by atoms with Gasteiger partial charge in [-0.05, 0) is 109 Å². The van der Waals surface area contributed by atoms with Crippen LogP contribution in [0.3, 0.4) is 0 Å². The molecule has 14 N–H and O–H groups in total. The topological polar surface area (TPSA) is 356 Å². The summed E-state index contributed by atoms with van der Waals surface area (Å²) in [6.07, 6.45) is -21.9. The lowest BCUT2D eigenvalue weighted by molar-refractivity contribution is -0.382. The molecule has 8 aliphatic rings. The van der Waals surface area contributed by atoms with Crippen molar-refractivity contribution in [2.24, 2.45) is 50.7 Å². The first-order valence-electron chi connectivity index (χ1n) is 25.0. The van der Waals surface area contributed by atoms with Crippen molar-refractivity contribution in [1.82, 2.24) is 0 Å². The van der Waals surface area contributed by atoms with Crippen LogP contribution in [0.4, 0.5) is 0 Å². The van der Waals surface area contributed by atoms with Gasteiger partial charge < -0.3 is 99.9 Å². The number of fused-ring (bicyclic) bond motifs is 2. The number of aliphatic hydroxyl groups excluding tert-OH is 13. The zero-order chi connectivity index (χ0) is 50.7. The van der Waals surface area contributed by atoms with E-state index in [0.29, 0.717) is 32.1 Å². The molecular weight excluding hydrogens is 913 g/mol. The Morgan fingerprint density at radius 3 is 1.87 bits per heavy atom. The Bertz CT molecular complexity index is 1820. The molecule has 5 saturated carbocycles. The van der Waals surface area contributed by atoms with E-state index in [9.17, 15) is 76.3 Å². The van der Waals surface area contributed by atoms with Gasteiger partial charge in [0.15, 0.2) is 24.7 Å². The fourth-order valence-electron chi connectivity index (χ4n) is 15.8. The summed E-state index contributed by atoms with van der Waals surface area (Å²) in [6, 6.07) is 0. The zero-order valence-corrected chi connectivity index (χ0v) is 40.5. The summed E-state index contributed by atoms with van der Waals surface area (Å²) < 4.78 is 36.1. The molecule has 27 atom stereocenters. The maximum atomic E-state index is 12.8. The van der Waals surface area contributed by atoms with Crippen LogP contribution in [0.15, 0.2) is 0 Å². The van der Waals surface area contributed by atoms with Crippen LogP contribution in [-0.2, 0) is 33.2 Å². The minimum atomic E-state index is -1.88. The fraction of sp³-hybridized carbons (Fsp3) is 0.979. The third-order valence-electron chi connectivity index (χ3n) is 19.8. The highest BCUT2D eigenvalue weighted by molar-refractivity contribution is 5.86. The molecule has 8 fully saturated rings. The third-order valence-corrected chi connectivity index (χ3v) is 19.8. The fourth-order valence-corrected chi connectivity index (χ4v) is 15.8. The molecule has 0 aromatic rings. The van der Waals surface area contributed by atoms with Crippen molar-refractivity contribution in [3.05, 3.63) is 0 Å². The maximum absolute atomic E-state index is 12.8. The molecule has 3 saturated heterocycles. The van der Waals surface area contributed by atoms with Crippen LogP contribution >= 0.6 is 0 Å². The van der Waals surface area contributed by atoms with Crippen molar-refractivity contribution in [2.75, 3.05) is 26.4 Å². The van der Waals surface area contributed by atoms with E-state index in [1.165, 1.54) is 6.92 Å². The molecule has 3 heterocycles. The van der Waals surface area contributed by atoms with E-state index in [4.69, 9.17) is 28.4 Å². The SMILES string of the molecule is C[C@H](CCC(=O)C(C)(O)CO)[C@H]1[C@@H](O)C[C@@]2(C)[C@@H]3[C@@H](O)C[C@H]4C(C)(C)[C@@H](O[C@@H]5O[C@H](CO[C@@H]6O[C@H](CO)[C@@H](O)[C@H](O)[C@H]6O)[C@@H](O)[C@H](O)[C@H]5O[C@@H]5O[C@H](CO)[C@@H](O)[C@H](O)[C@H]5O)CC[C@@]45C[C@@]35CC[C@]12C. The van der Waals surface area contributed by atoms with Gasteiger partial charge in [0, 0.05) is 6.42 Å². The molecule has 1 unspecified atom stereocenters. The van der Waals surface area contributed by atoms with Crippen molar-refractivity contribution in [1.29, 1.82) is 0 Å². The van der Waals surface area contributed by atoms with Crippen LogP contribution in [0, 0.1) is 50.7 Å². The van der Waals surface area contributed by atoms with Gasteiger partial charge >= 0.3 is 0 Å². The molecule has 3 aliphatic heterocycles. The Labute approximate surface area is 402 Å². The molecule has 2 spiro atoms. The number of Topliss-reactive ketones (excluding diaryl/α,β-unsaturated/α-hetero) is 1. The second-order valence-electron chi connectivity index (χ2n) is 23.7. The molecule has 5 aliphatic carbocycles. The lowest BCUT2D eigenvalue weighted by Gasteiger charge is -2.64. The number of carbonyl (C=O) groups excluding carboxylic acids is 1. The Balaban J connectivity index is 1.02. The van der Waals surface area contributed by atoms with E-state index in [2.05, 4.69) is 27.7 Å². The minimum Gasteiger partial charge on any atom is -0.394 e. The standard InChI is InChI=1S/C48H80O21/c1-20(7-8-27(54)46(6,63)19-51)29-22(53)14-45(5)39-21(52)13-26-43(2,3)28(9-10-47(26)18-48(39,47)12-11-44(29,45)4)68-42-38(69-41-37(62)34(59)31(56)24(16-50)66-41)35(60)32(57)25(67-42)17-64-40-36(61)33(58)30(55)23(15-49)65-40/h20-26,28-42,49-53,55-63H,7-19H2,1-6H3/t20-,21+,22+,23-,24-,25-,26+,28+,29+,30-,31-,32-,33+,34+,35+,36-,37-,38-,39+,40-,41+,42+,44-,45+,46?,47-,48+/m1/s1. The van der Waals surface area contributed by atoms with Gasteiger partial charge in [0.1, 0.15) is 78.8 Å². The third kappa shape index (κ3) is 8.51. The predicted octanol–water partition coefficient (Wildman–Crippen LogP) is -3.07. The molecular formula is C48H80O21. The number of carbonyl (C=O) groups is 1. The monoisotopic (exact) mass is 993 g/mol. The van der Waals surface area contributed by atoms with Crippen molar-refractivity contribution < 1.29 is 105 Å². The number of aliphatic hydroxyl groups is 14. The lowest BCUT2D eigenvalue weighted by atomic mass is 9.41. The van der Waals surface area contributed by atoms with E-state index in [1.807, 2.05) is 6.92 Å². The molecule has 69 heavy (non-hydrogen) atoms. The van der Waals surface area contributed by atoms with Gasteiger partial charge in [-0.2, -0.15) is 0 Å². The normalized spacial score (nSPS) is 53.8. The average Bonchev–Trinajstić information content (AvgIpc) is 3.90. The van der Waals surface area contributed by atoms with E-state index >= 15 is 0 Å². The highest BCUT2D eigenvalue weighted by Crippen LogP contribution is 2.89. The van der Waals surface area contributed by atoms with Crippen molar-refractivity contribution in [2.45, 2.75) is 215 Å². The maximum Gasteiger partial charge on any atom is 0.187 e. The van der Waals surface area contributed by atoms with Crippen LogP contribution < -0.4 is 0 Å². The molecule has 0 aromatic heterocycles. The first-order valence-corrected chi connectivity index (χ1v) is 25.0. The Morgan fingerprint density at radius 1 is 0.681 bits per heavy atom. The second kappa shape index (κ2) is 19.2. The minimum absolute atomic E-state index is 0.0620. The van der Waals surface area contributed by atoms with Crippen LogP contribution in [0.2, 0.25) is 0 Å².